The maximum Gasteiger partial charge on any atom is 0.262 e. The summed E-state index contributed by atoms with van der Waals surface area (Å²) in [6, 6.07) is 13.0. The Labute approximate surface area is 260 Å². The molecule has 2 aromatic heterocycles. The van der Waals surface area contributed by atoms with Gasteiger partial charge in [0.25, 0.3) is 11.5 Å². The standard InChI is InChI=1S/C32H35Cl2N5O4/c1-19-12-22(33)4-6-25(19)30(40)37-10-8-32(42,9-11-37)17-38-18-36-29-26(31(38)41)14-28(34)39(29)23-5-7-24(20(2)13-23)27-16-43-21(3)15-35-27/h4-7,12-14,18,21,27,35,42H,8-11,15-17H2,1-3H3/t21-,27-/m1/s1. The zero-order valence-electron chi connectivity index (χ0n) is 24.4. The molecule has 2 aromatic carbocycles. The molecule has 0 bridgehead atoms. The summed E-state index contributed by atoms with van der Waals surface area (Å²) in [5.41, 5.74) is 3.48. The second kappa shape index (κ2) is 11.7. The van der Waals surface area contributed by atoms with Crippen LogP contribution in [-0.2, 0) is 11.3 Å². The van der Waals surface area contributed by atoms with Crippen molar-refractivity contribution >= 4 is 40.1 Å². The number of hydrogen-bond donors (Lipinski definition) is 2. The fourth-order valence-electron chi connectivity index (χ4n) is 6.16. The second-order valence-electron chi connectivity index (χ2n) is 11.8. The predicted octanol–water partition coefficient (Wildman–Crippen LogP) is 4.83. The highest BCUT2D eigenvalue weighted by Crippen LogP contribution is 2.30. The van der Waals surface area contributed by atoms with Crippen molar-refractivity contribution in [1.29, 1.82) is 0 Å². The Bertz CT molecular complexity index is 1750. The largest absolute Gasteiger partial charge is 0.388 e. The third-order valence-corrected chi connectivity index (χ3v) is 9.20. The van der Waals surface area contributed by atoms with Crippen molar-refractivity contribution < 1.29 is 14.6 Å². The van der Waals surface area contributed by atoms with E-state index in [1.165, 1.54) is 10.9 Å². The van der Waals surface area contributed by atoms with E-state index in [-0.39, 0.29) is 30.2 Å². The number of aryl methyl sites for hydroxylation is 2. The highest BCUT2D eigenvalue weighted by atomic mass is 35.5. The molecule has 2 N–H and O–H groups in total. The van der Waals surface area contributed by atoms with Gasteiger partial charge in [-0.2, -0.15) is 0 Å². The molecule has 226 valence electrons. The number of fused-ring (bicyclic) bond motifs is 1. The number of hydrogen-bond acceptors (Lipinski definition) is 6. The zero-order valence-corrected chi connectivity index (χ0v) is 26.0. The molecule has 2 aliphatic rings. The van der Waals surface area contributed by atoms with E-state index in [1.54, 1.807) is 33.7 Å². The van der Waals surface area contributed by atoms with Gasteiger partial charge in [0, 0.05) is 35.9 Å². The van der Waals surface area contributed by atoms with Crippen molar-refractivity contribution in [3.63, 3.8) is 0 Å². The normalized spacial score (nSPS) is 20.5. The van der Waals surface area contributed by atoms with Crippen LogP contribution in [-0.4, -0.2) is 68.0 Å². The minimum atomic E-state index is -1.15. The number of morpholine rings is 1. The summed E-state index contributed by atoms with van der Waals surface area (Å²) < 4.78 is 9.04. The van der Waals surface area contributed by atoms with Gasteiger partial charge in [0.2, 0.25) is 0 Å². The monoisotopic (exact) mass is 623 g/mol. The van der Waals surface area contributed by atoms with E-state index in [1.807, 2.05) is 19.1 Å². The van der Waals surface area contributed by atoms with Gasteiger partial charge in [-0.15, -0.1) is 0 Å². The smallest absolute Gasteiger partial charge is 0.262 e. The maximum atomic E-state index is 13.6. The Kier molecular flexibility index (Phi) is 8.12. The minimum Gasteiger partial charge on any atom is -0.388 e. The van der Waals surface area contributed by atoms with Gasteiger partial charge in [-0.3, -0.25) is 18.7 Å². The van der Waals surface area contributed by atoms with Crippen LogP contribution in [0.15, 0.2) is 53.6 Å². The van der Waals surface area contributed by atoms with Crippen LogP contribution in [0.1, 0.15) is 52.9 Å². The minimum absolute atomic E-state index is 0.0719. The van der Waals surface area contributed by atoms with E-state index in [0.29, 0.717) is 59.3 Å². The van der Waals surface area contributed by atoms with Crippen molar-refractivity contribution in [1.82, 2.24) is 24.3 Å². The summed E-state index contributed by atoms with van der Waals surface area (Å²) in [7, 11) is 0. The van der Waals surface area contributed by atoms with Gasteiger partial charge in [-0.1, -0.05) is 29.3 Å². The summed E-state index contributed by atoms with van der Waals surface area (Å²) in [5, 5.41) is 16.3. The number of nitrogens with one attached hydrogen (secondary N) is 1. The Morgan fingerprint density at radius 1 is 1.12 bits per heavy atom. The predicted molar refractivity (Wildman–Crippen MR) is 168 cm³/mol. The number of nitrogens with zero attached hydrogens (tertiary/aromatic N) is 4. The summed E-state index contributed by atoms with van der Waals surface area (Å²) >= 11 is 12.7. The number of aromatic nitrogens is 3. The van der Waals surface area contributed by atoms with Gasteiger partial charge in [0.15, 0.2) is 5.65 Å². The first kappa shape index (κ1) is 29.8. The lowest BCUT2D eigenvalue weighted by molar-refractivity contribution is -0.0299. The molecule has 1 amide bonds. The van der Waals surface area contributed by atoms with Crippen molar-refractivity contribution in [3.8, 4) is 5.69 Å². The third-order valence-electron chi connectivity index (χ3n) is 8.69. The van der Waals surface area contributed by atoms with Gasteiger partial charge >= 0.3 is 0 Å². The number of halogens is 2. The number of ether oxygens (including phenoxy) is 1. The number of benzene rings is 2. The number of rotatable bonds is 5. The first-order valence-electron chi connectivity index (χ1n) is 14.5. The SMILES string of the molecule is Cc1cc(Cl)ccc1C(=O)N1CCC(O)(Cn2cnc3c(cc(Cl)n3-c3ccc([C@H]4CO[C@H](C)CN4)c(C)c3)c2=O)CC1. The third kappa shape index (κ3) is 5.84. The Balaban J connectivity index is 1.19. The molecule has 0 spiro atoms. The lowest BCUT2D eigenvalue weighted by Crippen LogP contribution is -2.49. The van der Waals surface area contributed by atoms with E-state index in [4.69, 9.17) is 27.9 Å². The molecule has 2 saturated heterocycles. The van der Waals surface area contributed by atoms with Crippen LogP contribution < -0.4 is 10.9 Å². The lowest BCUT2D eigenvalue weighted by Gasteiger charge is -2.38. The van der Waals surface area contributed by atoms with E-state index in [0.717, 1.165) is 28.9 Å². The van der Waals surface area contributed by atoms with Crippen LogP contribution >= 0.6 is 23.2 Å². The van der Waals surface area contributed by atoms with E-state index >= 15 is 0 Å². The molecule has 0 unspecified atom stereocenters. The molecular formula is C32H35Cl2N5O4. The topological polar surface area (TPSA) is 102 Å². The van der Waals surface area contributed by atoms with Crippen LogP contribution in [0.25, 0.3) is 16.7 Å². The fraction of sp³-hybridized carbons (Fsp3) is 0.406. The molecule has 2 atom stereocenters. The lowest BCUT2D eigenvalue weighted by atomic mass is 9.90. The van der Waals surface area contributed by atoms with Crippen LogP contribution in [0, 0.1) is 13.8 Å². The van der Waals surface area contributed by atoms with Crippen LogP contribution in [0.4, 0.5) is 0 Å². The number of likely N-dealkylation sites (tertiary alicyclic amines) is 1. The van der Waals surface area contributed by atoms with Crippen LogP contribution in [0.2, 0.25) is 10.2 Å². The van der Waals surface area contributed by atoms with Gasteiger partial charge in [-0.05, 0) is 86.7 Å². The van der Waals surface area contributed by atoms with Crippen LogP contribution in [0.3, 0.4) is 0 Å². The molecule has 0 radical (unpaired) electrons. The number of aliphatic hydroxyl groups is 1. The summed E-state index contributed by atoms with van der Waals surface area (Å²) in [5.74, 6) is -0.0892. The number of piperidine rings is 1. The van der Waals surface area contributed by atoms with Gasteiger partial charge < -0.3 is 20.1 Å². The first-order valence-corrected chi connectivity index (χ1v) is 15.3. The molecule has 9 nitrogen and oxygen atoms in total. The van der Waals surface area contributed by atoms with E-state index < -0.39 is 5.60 Å². The Morgan fingerprint density at radius 3 is 2.56 bits per heavy atom. The molecule has 2 aliphatic heterocycles. The second-order valence-corrected chi connectivity index (χ2v) is 12.7. The van der Waals surface area contributed by atoms with Crippen molar-refractivity contribution in [3.05, 3.63) is 91.6 Å². The van der Waals surface area contributed by atoms with Gasteiger partial charge in [0.05, 0.1) is 36.3 Å². The summed E-state index contributed by atoms with van der Waals surface area (Å²) in [6.07, 6.45) is 2.33. The molecule has 2 fully saturated rings. The maximum absolute atomic E-state index is 13.6. The Hall–Kier alpha value is -3.21. The van der Waals surface area contributed by atoms with Gasteiger partial charge in [0.1, 0.15) is 11.5 Å². The molecule has 43 heavy (non-hydrogen) atoms. The van der Waals surface area contributed by atoms with Gasteiger partial charge in [-0.25, -0.2) is 4.98 Å². The quantitative estimate of drug-likeness (QED) is 0.330. The highest BCUT2D eigenvalue weighted by Gasteiger charge is 2.35. The summed E-state index contributed by atoms with van der Waals surface area (Å²) in [6.45, 7) is 8.19. The number of carbonyl (C=O) groups excluding carboxylic acids is 1. The van der Waals surface area contributed by atoms with Crippen molar-refractivity contribution in [2.45, 2.75) is 57.9 Å². The molecule has 11 heteroatoms. The molecule has 6 rings (SSSR count). The average molecular weight is 625 g/mol. The molecule has 0 saturated carbocycles. The highest BCUT2D eigenvalue weighted by molar-refractivity contribution is 6.31. The van der Waals surface area contributed by atoms with E-state index in [9.17, 15) is 14.7 Å². The fourth-order valence-corrected chi connectivity index (χ4v) is 6.67. The van der Waals surface area contributed by atoms with Crippen molar-refractivity contribution in [2.24, 2.45) is 0 Å². The number of amides is 1. The molecule has 4 heterocycles. The molecule has 4 aromatic rings. The molecule has 0 aliphatic carbocycles. The Morgan fingerprint density at radius 2 is 1.88 bits per heavy atom. The first-order chi connectivity index (χ1) is 20.5. The number of carbonyl (C=O) groups is 1. The zero-order chi connectivity index (χ0) is 30.5. The summed E-state index contributed by atoms with van der Waals surface area (Å²) in [4.78, 5) is 33.0. The van der Waals surface area contributed by atoms with E-state index in [2.05, 4.69) is 30.2 Å². The average Bonchev–Trinajstić information content (AvgIpc) is 3.32. The molecular weight excluding hydrogens is 589 g/mol. The van der Waals surface area contributed by atoms with Crippen LogP contribution in [0.5, 0.6) is 0 Å². The van der Waals surface area contributed by atoms with Crippen molar-refractivity contribution in [2.75, 3.05) is 26.2 Å².